The fourth-order valence-corrected chi connectivity index (χ4v) is 4.02. The highest BCUT2D eigenvalue weighted by Gasteiger charge is 2.28. The number of pyridine rings is 1. The normalized spacial score (nSPS) is 17.1. The Morgan fingerprint density at radius 3 is 2.61 bits per heavy atom. The van der Waals surface area contributed by atoms with Crippen molar-refractivity contribution in [1.29, 1.82) is 0 Å². The van der Waals surface area contributed by atoms with Crippen LogP contribution in [-0.2, 0) is 14.1 Å². The predicted molar refractivity (Wildman–Crippen MR) is 107 cm³/mol. The summed E-state index contributed by atoms with van der Waals surface area (Å²) in [4.78, 5) is 19.8. The van der Waals surface area contributed by atoms with Crippen molar-refractivity contribution in [3.8, 4) is 11.1 Å². The maximum Gasteiger partial charge on any atom is 0.257 e. The Morgan fingerprint density at radius 2 is 1.93 bits per heavy atom. The second kappa shape index (κ2) is 7.22. The van der Waals surface area contributed by atoms with Gasteiger partial charge >= 0.3 is 0 Å². The van der Waals surface area contributed by atoms with Crippen molar-refractivity contribution in [2.24, 2.45) is 14.1 Å². The number of aromatic nitrogens is 5. The lowest BCUT2D eigenvalue weighted by Crippen LogP contribution is -2.39. The van der Waals surface area contributed by atoms with E-state index in [0.29, 0.717) is 12.1 Å². The molecule has 146 valence electrons. The topological polar surface area (TPSA) is 68.8 Å². The van der Waals surface area contributed by atoms with Crippen molar-refractivity contribution < 1.29 is 4.79 Å². The number of carbonyl (C=O) groups excluding carboxylic acids is 1. The largest absolute Gasteiger partial charge is 0.338 e. The Kier molecular flexibility index (Phi) is 4.75. The van der Waals surface area contributed by atoms with Gasteiger partial charge in [-0.25, -0.2) is 0 Å². The van der Waals surface area contributed by atoms with E-state index in [4.69, 9.17) is 4.98 Å². The average molecular weight is 378 g/mol. The van der Waals surface area contributed by atoms with Crippen LogP contribution in [0.3, 0.4) is 0 Å². The lowest BCUT2D eigenvalue weighted by atomic mass is 9.92. The number of hydrogen-bond acceptors (Lipinski definition) is 4. The molecular formula is C21H26N6O. The van der Waals surface area contributed by atoms with Gasteiger partial charge in [-0.2, -0.15) is 10.2 Å². The molecule has 0 N–H and O–H groups in total. The minimum Gasteiger partial charge on any atom is -0.338 e. The molecule has 1 amide bonds. The third kappa shape index (κ3) is 3.56. The van der Waals surface area contributed by atoms with E-state index in [1.807, 2.05) is 56.1 Å². The van der Waals surface area contributed by atoms with Crippen molar-refractivity contribution in [2.75, 3.05) is 13.1 Å². The fourth-order valence-electron chi connectivity index (χ4n) is 4.02. The zero-order chi connectivity index (χ0) is 19.8. The van der Waals surface area contributed by atoms with Crippen LogP contribution < -0.4 is 0 Å². The van der Waals surface area contributed by atoms with E-state index in [1.165, 1.54) is 0 Å². The third-order valence-electron chi connectivity index (χ3n) is 5.38. The molecule has 0 radical (unpaired) electrons. The third-order valence-corrected chi connectivity index (χ3v) is 5.38. The van der Waals surface area contributed by atoms with Crippen LogP contribution >= 0.6 is 0 Å². The summed E-state index contributed by atoms with van der Waals surface area (Å²) in [5.74, 6) is 0.306. The standard InChI is InChI=1S/C21H26N6O/c1-14-8-17(18-10-22-25(3)11-18)9-20(23-14)16-6-5-7-27(12-16)21(28)19-13-26(4)24-15(19)2/h8-11,13,16H,5-7,12H2,1-4H3. The van der Waals surface area contributed by atoms with Crippen LogP contribution in [0.4, 0.5) is 0 Å². The number of rotatable bonds is 3. The maximum atomic E-state index is 13.0. The first-order valence-corrected chi connectivity index (χ1v) is 9.68. The maximum absolute atomic E-state index is 13.0. The predicted octanol–water partition coefficient (Wildman–Crippen LogP) is 2.85. The van der Waals surface area contributed by atoms with Crippen LogP contribution in [0, 0.1) is 13.8 Å². The zero-order valence-corrected chi connectivity index (χ0v) is 16.9. The van der Waals surface area contributed by atoms with Gasteiger partial charge in [0.15, 0.2) is 0 Å². The molecule has 7 heteroatoms. The number of carbonyl (C=O) groups is 1. The van der Waals surface area contributed by atoms with Crippen molar-refractivity contribution in [3.05, 3.63) is 53.4 Å². The van der Waals surface area contributed by atoms with Crippen molar-refractivity contribution in [1.82, 2.24) is 29.4 Å². The summed E-state index contributed by atoms with van der Waals surface area (Å²) in [7, 11) is 3.77. The summed E-state index contributed by atoms with van der Waals surface area (Å²) in [5, 5.41) is 8.59. The molecule has 0 saturated carbocycles. The molecule has 3 aromatic heterocycles. The number of piperidine rings is 1. The van der Waals surface area contributed by atoms with Crippen molar-refractivity contribution in [3.63, 3.8) is 0 Å². The van der Waals surface area contributed by atoms with E-state index in [9.17, 15) is 4.79 Å². The van der Waals surface area contributed by atoms with E-state index in [1.54, 1.807) is 4.68 Å². The van der Waals surface area contributed by atoms with E-state index in [-0.39, 0.29) is 11.8 Å². The van der Waals surface area contributed by atoms with Gasteiger partial charge in [0.1, 0.15) is 0 Å². The molecule has 1 saturated heterocycles. The first-order valence-electron chi connectivity index (χ1n) is 9.68. The lowest BCUT2D eigenvalue weighted by Gasteiger charge is -2.32. The Hall–Kier alpha value is -2.96. The van der Waals surface area contributed by atoms with Crippen LogP contribution in [0.1, 0.15) is 46.2 Å². The molecule has 28 heavy (non-hydrogen) atoms. The Bertz CT molecular complexity index is 1020. The Labute approximate surface area is 165 Å². The van der Waals surface area contributed by atoms with Gasteiger partial charge in [-0.05, 0) is 44.4 Å². The molecular weight excluding hydrogens is 352 g/mol. The molecule has 0 bridgehead atoms. The van der Waals surface area contributed by atoms with Gasteiger partial charge in [-0.15, -0.1) is 0 Å². The SMILES string of the molecule is Cc1cc(-c2cnn(C)c2)cc(C2CCCN(C(=O)c3cn(C)nc3C)C2)n1. The summed E-state index contributed by atoms with van der Waals surface area (Å²) < 4.78 is 3.51. The van der Waals surface area contributed by atoms with E-state index in [2.05, 4.69) is 22.3 Å². The molecule has 7 nitrogen and oxygen atoms in total. The van der Waals surface area contributed by atoms with Gasteiger partial charge in [0, 0.05) is 62.4 Å². The molecule has 4 heterocycles. The van der Waals surface area contributed by atoms with E-state index >= 15 is 0 Å². The molecule has 4 rings (SSSR count). The van der Waals surface area contributed by atoms with Crippen LogP contribution in [0.25, 0.3) is 11.1 Å². The highest BCUT2D eigenvalue weighted by molar-refractivity contribution is 5.95. The number of amides is 1. The van der Waals surface area contributed by atoms with Crippen molar-refractivity contribution in [2.45, 2.75) is 32.6 Å². The van der Waals surface area contributed by atoms with Crippen LogP contribution in [0.2, 0.25) is 0 Å². The van der Waals surface area contributed by atoms with Gasteiger partial charge in [-0.1, -0.05) is 0 Å². The van der Waals surface area contributed by atoms with Gasteiger partial charge < -0.3 is 4.90 Å². The summed E-state index contributed by atoms with van der Waals surface area (Å²) in [6.45, 7) is 5.38. The van der Waals surface area contributed by atoms with Crippen LogP contribution in [0.5, 0.6) is 0 Å². The average Bonchev–Trinajstić information content (AvgIpc) is 3.25. The second-order valence-corrected chi connectivity index (χ2v) is 7.72. The molecule has 1 aliphatic rings. The number of hydrogen-bond donors (Lipinski definition) is 0. The van der Waals surface area contributed by atoms with E-state index < -0.39 is 0 Å². The summed E-state index contributed by atoms with van der Waals surface area (Å²) >= 11 is 0. The molecule has 0 aromatic carbocycles. The van der Waals surface area contributed by atoms with Crippen LogP contribution in [0.15, 0.2) is 30.7 Å². The minimum absolute atomic E-state index is 0.0652. The van der Waals surface area contributed by atoms with Gasteiger partial charge in [0.2, 0.25) is 0 Å². The smallest absolute Gasteiger partial charge is 0.257 e. The lowest BCUT2D eigenvalue weighted by molar-refractivity contribution is 0.0705. The molecule has 1 atom stereocenters. The highest BCUT2D eigenvalue weighted by Crippen LogP contribution is 2.30. The van der Waals surface area contributed by atoms with Gasteiger partial charge in [0.25, 0.3) is 5.91 Å². The number of likely N-dealkylation sites (tertiary alicyclic amines) is 1. The number of aryl methyl sites for hydroxylation is 4. The van der Waals surface area contributed by atoms with Crippen LogP contribution in [-0.4, -0.2) is 48.4 Å². The molecule has 1 aliphatic heterocycles. The van der Waals surface area contributed by atoms with Gasteiger partial charge in [-0.3, -0.25) is 19.1 Å². The zero-order valence-electron chi connectivity index (χ0n) is 16.9. The first kappa shape index (κ1) is 18.4. The van der Waals surface area contributed by atoms with Crippen molar-refractivity contribution >= 4 is 5.91 Å². The second-order valence-electron chi connectivity index (χ2n) is 7.72. The molecule has 1 unspecified atom stereocenters. The minimum atomic E-state index is 0.0652. The highest BCUT2D eigenvalue weighted by atomic mass is 16.2. The van der Waals surface area contributed by atoms with Gasteiger partial charge in [0.05, 0.1) is 17.5 Å². The summed E-state index contributed by atoms with van der Waals surface area (Å²) in [6.07, 6.45) is 7.72. The summed E-state index contributed by atoms with van der Waals surface area (Å²) in [6, 6.07) is 4.24. The quantitative estimate of drug-likeness (QED) is 0.703. The van der Waals surface area contributed by atoms with E-state index in [0.717, 1.165) is 47.6 Å². The monoisotopic (exact) mass is 378 g/mol. The molecule has 0 spiro atoms. The molecule has 0 aliphatic carbocycles. The Morgan fingerprint density at radius 1 is 1.11 bits per heavy atom. The molecule has 3 aromatic rings. The summed E-state index contributed by atoms with van der Waals surface area (Å²) in [5.41, 5.74) is 5.73. The number of nitrogens with zero attached hydrogens (tertiary/aromatic N) is 6. The Balaban J connectivity index is 1.59. The first-order chi connectivity index (χ1) is 13.4. The fraction of sp³-hybridized carbons (Fsp3) is 0.429. The molecule has 1 fully saturated rings.